The molecule has 5 rings (SSSR count). The molecule has 2 amide bonds. The first-order valence-electron chi connectivity index (χ1n) is 12.3. The van der Waals surface area contributed by atoms with E-state index in [1.807, 2.05) is 13.0 Å². The van der Waals surface area contributed by atoms with Crippen LogP contribution < -0.4 is 10.1 Å². The number of amides is 2. The van der Waals surface area contributed by atoms with Crippen LogP contribution in [0.25, 0.3) is 0 Å². The Hall–Kier alpha value is -2.53. The van der Waals surface area contributed by atoms with Gasteiger partial charge < -0.3 is 15.0 Å². The molecule has 170 valence electrons. The summed E-state index contributed by atoms with van der Waals surface area (Å²) in [6, 6.07) is 17.9. The Labute approximate surface area is 191 Å². The summed E-state index contributed by atoms with van der Waals surface area (Å²) in [7, 11) is 0. The zero-order valence-corrected chi connectivity index (χ0v) is 19.1. The number of hydrogen-bond donors (Lipinski definition) is 1. The van der Waals surface area contributed by atoms with Gasteiger partial charge in [0.15, 0.2) is 0 Å². The molecule has 0 spiro atoms. The number of urea groups is 1. The fourth-order valence-corrected chi connectivity index (χ4v) is 6.00. The fraction of sp³-hybridized carbons (Fsp3) is 0.519. The highest BCUT2D eigenvalue weighted by Crippen LogP contribution is 2.43. The van der Waals surface area contributed by atoms with Crippen molar-refractivity contribution in [3.8, 4) is 5.75 Å². The zero-order valence-electron chi connectivity index (χ0n) is 19.1. The van der Waals surface area contributed by atoms with Crippen molar-refractivity contribution in [2.75, 3.05) is 32.8 Å². The predicted molar refractivity (Wildman–Crippen MR) is 127 cm³/mol. The van der Waals surface area contributed by atoms with Crippen molar-refractivity contribution in [2.24, 2.45) is 5.92 Å². The molecule has 0 aromatic heterocycles. The molecule has 3 aliphatic rings. The minimum atomic E-state index is 0.117. The van der Waals surface area contributed by atoms with E-state index in [9.17, 15) is 4.79 Å². The van der Waals surface area contributed by atoms with Crippen LogP contribution in [0.2, 0.25) is 0 Å². The Morgan fingerprint density at radius 3 is 2.88 bits per heavy atom. The number of nitrogens with one attached hydrogen (secondary N) is 1. The molecular formula is C27H35N3O2. The number of nitrogens with zero attached hydrogens (tertiary/aromatic N) is 2. The highest BCUT2D eigenvalue weighted by molar-refractivity contribution is 5.74. The first kappa shape index (κ1) is 21.3. The van der Waals surface area contributed by atoms with E-state index in [0.29, 0.717) is 31.2 Å². The van der Waals surface area contributed by atoms with Gasteiger partial charge in [-0.2, -0.15) is 0 Å². The lowest BCUT2D eigenvalue weighted by atomic mass is 9.76. The Morgan fingerprint density at radius 2 is 2.03 bits per heavy atom. The van der Waals surface area contributed by atoms with Gasteiger partial charge in [0.05, 0.1) is 6.61 Å². The van der Waals surface area contributed by atoms with E-state index in [0.717, 1.165) is 51.1 Å². The van der Waals surface area contributed by atoms with Gasteiger partial charge in [0, 0.05) is 38.3 Å². The minimum Gasteiger partial charge on any atom is -0.494 e. The van der Waals surface area contributed by atoms with Crippen LogP contribution in [0.3, 0.4) is 0 Å². The van der Waals surface area contributed by atoms with E-state index in [-0.39, 0.29) is 6.03 Å². The van der Waals surface area contributed by atoms with Crippen molar-refractivity contribution >= 4 is 6.03 Å². The number of benzene rings is 2. The number of fused-ring (bicyclic) bond motifs is 4. The smallest absolute Gasteiger partial charge is 0.317 e. The molecule has 3 aliphatic heterocycles. The molecule has 0 aliphatic carbocycles. The highest BCUT2D eigenvalue weighted by atomic mass is 16.5. The van der Waals surface area contributed by atoms with Crippen LogP contribution in [0.4, 0.5) is 4.79 Å². The number of carbonyl (C=O) groups excluding carboxylic acids is 1. The summed E-state index contributed by atoms with van der Waals surface area (Å²) < 4.78 is 5.74. The maximum atomic E-state index is 13.2. The van der Waals surface area contributed by atoms with E-state index >= 15 is 0 Å². The van der Waals surface area contributed by atoms with Crippen LogP contribution >= 0.6 is 0 Å². The molecule has 0 radical (unpaired) electrons. The quantitative estimate of drug-likeness (QED) is 0.759. The molecule has 2 saturated heterocycles. The number of likely N-dealkylation sites (tertiary alicyclic amines) is 1. The summed E-state index contributed by atoms with van der Waals surface area (Å²) in [5.41, 5.74) is 4.13. The summed E-state index contributed by atoms with van der Waals surface area (Å²) >= 11 is 0. The summed E-state index contributed by atoms with van der Waals surface area (Å²) in [6.45, 7) is 6.52. The fourth-order valence-electron chi connectivity index (χ4n) is 6.00. The Bertz CT molecular complexity index is 932. The molecule has 2 fully saturated rings. The third kappa shape index (κ3) is 4.36. The maximum absolute atomic E-state index is 13.2. The molecule has 3 heterocycles. The molecule has 0 unspecified atom stereocenters. The highest BCUT2D eigenvalue weighted by Gasteiger charge is 2.43. The van der Waals surface area contributed by atoms with Gasteiger partial charge in [-0.1, -0.05) is 36.4 Å². The van der Waals surface area contributed by atoms with Gasteiger partial charge in [0.25, 0.3) is 0 Å². The molecule has 3 atom stereocenters. The SMILES string of the molecule is CCOc1ccc2c(c1)CCN1C[C@@H]3CCCN(C(=O)NCCc4ccccc4)[C@@H]3C[C@H]21. The lowest BCUT2D eigenvalue weighted by molar-refractivity contribution is 0.00576. The van der Waals surface area contributed by atoms with E-state index in [1.165, 1.54) is 23.1 Å². The number of carbonyl (C=O) groups is 1. The average Bonchev–Trinajstić information content (AvgIpc) is 2.83. The Morgan fingerprint density at radius 1 is 1.16 bits per heavy atom. The molecule has 5 heteroatoms. The number of hydrogen-bond acceptors (Lipinski definition) is 3. The van der Waals surface area contributed by atoms with Crippen molar-refractivity contribution in [3.63, 3.8) is 0 Å². The van der Waals surface area contributed by atoms with E-state index < -0.39 is 0 Å². The monoisotopic (exact) mass is 433 g/mol. The Kier molecular flexibility index (Phi) is 6.35. The first-order valence-corrected chi connectivity index (χ1v) is 12.3. The van der Waals surface area contributed by atoms with Gasteiger partial charge in [-0.15, -0.1) is 0 Å². The molecule has 32 heavy (non-hydrogen) atoms. The average molecular weight is 434 g/mol. The van der Waals surface area contributed by atoms with E-state index in [2.05, 4.69) is 57.6 Å². The predicted octanol–water partition coefficient (Wildman–Crippen LogP) is 4.42. The zero-order chi connectivity index (χ0) is 21.9. The molecule has 2 aromatic rings. The normalized spacial score (nSPS) is 24.8. The van der Waals surface area contributed by atoms with E-state index in [1.54, 1.807) is 0 Å². The van der Waals surface area contributed by atoms with Gasteiger partial charge in [-0.05, 0) is 73.8 Å². The van der Waals surface area contributed by atoms with Crippen LogP contribution in [-0.4, -0.2) is 54.7 Å². The van der Waals surface area contributed by atoms with Crippen LogP contribution in [0.15, 0.2) is 48.5 Å². The summed E-state index contributed by atoms with van der Waals surface area (Å²) in [5, 5.41) is 3.20. The summed E-state index contributed by atoms with van der Waals surface area (Å²) in [6.07, 6.45) is 5.35. The number of rotatable bonds is 5. The van der Waals surface area contributed by atoms with Gasteiger partial charge in [-0.3, -0.25) is 4.90 Å². The van der Waals surface area contributed by atoms with Crippen molar-refractivity contribution in [1.29, 1.82) is 0 Å². The lowest BCUT2D eigenvalue weighted by Gasteiger charge is -2.52. The van der Waals surface area contributed by atoms with Gasteiger partial charge >= 0.3 is 6.03 Å². The van der Waals surface area contributed by atoms with Crippen LogP contribution in [0.5, 0.6) is 5.75 Å². The molecule has 5 nitrogen and oxygen atoms in total. The Balaban J connectivity index is 1.27. The van der Waals surface area contributed by atoms with Gasteiger partial charge in [0.1, 0.15) is 5.75 Å². The van der Waals surface area contributed by atoms with Crippen molar-refractivity contribution in [2.45, 2.75) is 51.1 Å². The molecule has 0 saturated carbocycles. The largest absolute Gasteiger partial charge is 0.494 e. The van der Waals surface area contributed by atoms with Crippen LogP contribution in [0, 0.1) is 5.92 Å². The molecular weight excluding hydrogens is 398 g/mol. The molecule has 0 bridgehead atoms. The lowest BCUT2D eigenvalue weighted by Crippen LogP contribution is -2.59. The second kappa shape index (κ2) is 9.53. The maximum Gasteiger partial charge on any atom is 0.317 e. The molecule has 2 aromatic carbocycles. The standard InChI is InChI=1S/C27H35N3O2/c1-2-32-23-10-11-24-21(17-23)13-16-29-19-22-9-6-15-30(25(22)18-26(24)29)27(31)28-14-12-20-7-4-3-5-8-20/h3-5,7-8,10-11,17,22,25-26H,2,6,9,12-16,18-19H2,1H3,(H,28,31)/t22-,25+,26+/m0/s1. The van der Waals surface area contributed by atoms with Gasteiger partial charge in [0.2, 0.25) is 0 Å². The van der Waals surface area contributed by atoms with Crippen LogP contribution in [-0.2, 0) is 12.8 Å². The second-order valence-electron chi connectivity index (χ2n) is 9.42. The molecule has 1 N–H and O–H groups in total. The van der Waals surface area contributed by atoms with Crippen LogP contribution in [0.1, 0.15) is 48.9 Å². The first-order chi connectivity index (χ1) is 15.7. The number of ether oxygens (including phenoxy) is 1. The minimum absolute atomic E-state index is 0.117. The third-order valence-electron chi connectivity index (χ3n) is 7.54. The second-order valence-corrected chi connectivity index (χ2v) is 9.42. The number of piperidine rings is 2. The van der Waals surface area contributed by atoms with E-state index in [4.69, 9.17) is 4.74 Å². The topological polar surface area (TPSA) is 44.8 Å². The van der Waals surface area contributed by atoms with Crippen molar-refractivity contribution < 1.29 is 9.53 Å². The van der Waals surface area contributed by atoms with Crippen molar-refractivity contribution in [3.05, 3.63) is 65.2 Å². The summed E-state index contributed by atoms with van der Waals surface area (Å²) in [5.74, 6) is 1.56. The summed E-state index contributed by atoms with van der Waals surface area (Å²) in [4.78, 5) is 18.0. The van der Waals surface area contributed by atoms with Crippen molar-refractivity contribution in [1.82, 2.24) is 15.1 Å². The third-order valence-corrected chi connectivity index (χ3v) is 7.54. The van der Waals surface area contributed by atoms with Gasteiger partial charge in [-0.25, -0.2) is 4.79 Å².